The molecule has 1 heterocycles. The molecule has 0 atom stereocenters. The number of anilines is 2. The zero-order valence-corrected chi connectivity index (χ0v) is 18.1. The van der Waals surface area contributed by atoms with Crippen LogP contribution < -0.4 is 14.8 Å². The molecule has 0 bridgehead atoms. The molecule has 0 saturated carbocycles. The summed E-state index contributed by atoms with van der Waals surface area (Å²) in [7, 11) is 1.51. The number of fused-ring (bicyclic) bond motifs is 1. The van der Waals surface area contributed by atoms with E-state index in [0.29, 0.717) is 28.2 Å². The lowest BCUT2D eigenvalue weighted by Gasteiger charge is -2.19. The van der Waals surface area contributed by atoms with Crippen molar-refractivity contribution >= 4 is 22.3 Å². The number of aromatic nitrogens is 1. The fourth-order valence-corrected chi connectivity index (χ4v) is 3.34. The Hall–Kier alpha value is -3.73. The van der Waals surface area contributed by atoms with Crippen LogP contribution in [0.3, 0.4) is 0 Å². The summed E-state index contributed by atoms with van der Waals surface area (Å²) in [5.74, 6) is 1.73. The van der Waals surface area contributed by atoms with Crippen molar-refractivity contribution in [3.63, 3.8) is 0 Å². The second kappa shape index (κ2) is 8.19. The number of hydrogen-bond acceptors (Lipinski definition) is 5. The molecule has 0 radical (unpaired) electrons. The standard InChI is InChI=1S/C26H26N2O3/c1-26(2,3)17-5-7-18(8-6-17)28-19-9-11-20(12-10-19)31-24-13-14-27-22-16-25(30-4)23(29)15-21(22)24/h5-16,28-29H,1-4H3. The van der Waals surface area contributed by atoms with Crippen LogP contribution in [0.2, 0.25) is 0 Å². The van der Waals surface area contributed by atoms with Gasteiger partial charge < -0.3 is 19.9 Å². The third-order valence-corrected chi connectivity index (χ3v) is 5.12. The molecule has 4 aromatic rings. The normalized spacial score (nSPS) is 11.4. The first-order valence-electron chi connectivity index (χ1n) is 10.1. The number of nitrogens with zero attached hydrogens (tertiary/aromatic N) is 1. The molecule has 5 heteroatoms. The van der Waals surface area contributed by atoms with Crippen LogP contribution in [-0.2, 0) is 5.41 Å². The minimum absolute atomic E-state index is 0.0462. The Morgan fingerprint density at radius 3 is 2.10 bits per heavy atom. The molecular formula is C26H26N2O3. The number of phenols is 1. The minimum Gasteiger partial charge on any atom is -0.504 e. The van der Waals surface area contributed by atoms with E-state index in [4.69, 9.17) is 9.47 Å². The molecule has 3 aromatic carbocycles. The highest BCUT2D eigenvalue weighted by Gasteiger charge is 2.13. The van der Waals surface area contributed by atoms with Gasteiger partial charge in [0.05, 0.1) is 12.6 Å². The molecule has 0 aliphatic rings. The molecule has 31 heavy (non-hydrogen) atoms. The molecule has 0 aliphatic carbocycles. The van der Waals surface area contributed by atoms with Crippen molar-refractivity contribution in [2.45, 2.75) is 26.2 Å². The first-order valence-corrected chi connectivity index (χ1v) is 10.1. The zero-order valence-electron chi connectivity index (χ0n) is 18.1. The molecule has 5 nitrogen and oxygen atoms in total. The van der Waals surface area contributed by atoms with Gasteiger partial charge in [0.1, 0.15) is 11.5 Å². The first kappa shape index (κ1) is 20.5. The highest BCUT2D eigenvalue weighted by molar-refractivity contribution is 5.88. The van der Waals surface area contributed by atoms with Crippen molar-refractivity contribution in [1.29, 1.82) is 0 Å². The van der Waals surface area contributed by atoms with Crippen molar-refractivity contribution in [3.05, 3.63) is 78.5 Å². The topological polar surface area (TPSA) is 63.6 Å². The highest BCUT2D eigenvalue weighted by atomic mass is 16.5. The Morgan fingerprint density at radius 2 is 1.48 bits per heavy atom. The summed E-state index contributed by atoms with van der Waals surface area (Å²) in [6, 6.07) is 21.3. The van der Waals surface area contributed by atoms with E-state index in [1.54, 1.807) is 24.4 Å². The molecule has 0 fully saturated rings. The van der Waals surface area contributed by atoms with Gasteiger partial charge in [-0.2, -0.15) is 0 Å². The zero-order chi connectivity index (χ0) is 22.0. The van der Waals surface area contributed by atoms with Gasteiger partial charge in [-0.15, -0.1) is 0 Å². The summed E-state index contributed by atoms with van der Waals surface area (Å²) < 4.78 is 11.2. The summed E-state index contributed by atoms with van der Waals surface area (Å²) >= 11 is 0. The van der Waals surface area contributed by atoms with Crippen LogP contribution in [0.1, 0.15) is 26.3 Å². The quantitative estimate of drug-likeness (QED) is 0.377. The lowest BCUT2D eigenvalue weighted by Crippen LogP contribution is -2.10. The van der Waals surface area contributed by atoms with E-state index >= 15 is 0 Å². The van der Waals surface area contributed by atoms with E-state index in [1.165, 1.54) is 12.7 Å². The van der Waals surface area contributed by atoms with Crippen LogP contribution >= 0.6 is 0 Å². The number of aromatic hydroxyl groups is 1. The number of ether oxygens (including phenoxy) is 2. The molecule has 0 saturated heterocycles. The molecule has 1 aromatic heterocycles. The minimum atomic E-state index is 0.0462. The van der Waals surface area contributed by atoms with Crippen LogP contribution in [0.4, 0.5) is 11.4 Å². The van der Waals surface area contributed by atoms with E-state index in [2.05, 4.69) is 55.3 Å². The van der Waals surface area contributed by atoms with Crippen LogP contribution in [-0.4, -0.2) is 17.2 Å². The van der Waals surface area contributed by atoms with Crippen molar-refractivity contribution < 1.29 is 14.6 Å². The Labute approximate surface area is 182 Å². The first-order chi connectivity index (χ1) is 14.8. The average molecular weight is 415 g/mol. The van der Waals surface area contributed by atoms with E-state index in [1.807, 2.05) is 24.3 Å². The monoisotopic (exact) mass is 414 g/mol. The smallest absolute Gasteiger partial charge is 0.162 e. The predicted molar refractivity (Wildman–Crippen MR) is 125 cm³/mol. The summed E-state index contributed by atoms with van der Waals surface area (Å²) in [5, 5.41) is 14.2. The van der Waals surface area contributed by atoms with Crippen LogP contribution in [0.25, 0.3) is 10.9 Å². The number of methoxy groups -OCH3 is 1. The highest BCUT2D eigenvalue weighted by Crippen LogP contribution is 2.36. The number of pyridine rings is 1. The van der Waals surface area contributed by atoms with Crippen LogP contribution in [0.15, 0.2) is 72.9 Å². The van der Waals surface area contributed by atoms with Crippen molar-refractivity contribution in [1.82, 2.24) is 4.98 Å². The van der Waals surface area contributed by atoms with E-state index in [9.17, 15) is 5.11 Å². The van der Waals surface area contributed by atoms with E-state index in [-0.39, 0.29) is 11.2 Å². The van der Waals surface area contributed by atoms with Gasteiger partial charge in [0.25, 0.3) is 0 Å². The second-order valence-corrected chi connectivity index (χ2v) is 8.43. The van der Waals surface area contributed by atoms with Gasteiger partial charge in [0.2, 0.25) is 0 Å². The van der Waals surface area contributed by atoms with Gasteiger partial charge in [0.15, 0.2) is 11.5 Å². The number of benzene rings is 3. The lowest BCUT2D eigenvalue weighted by molar-refractivity contribution is 0.374. The number of rotatable bonds is 5. The molecule has 0 amide bonds. The van der Waals surface area contributed by atoms with Crippen molar-refractivity contribution in [3.8, 4) is 23.0 Å². The maximum absolute atomic E-state index is 10.1. The summed E-state index contributed by atoms with van der Waals surface area (Å²) in [6.07, 6.45) is 1.67. The van der Waals surface area contributed by atoms with Gasteiger partial charge in [-0.25, -0.2) is 0 Å². The Morgan fingerprint density at radius 1 is 0.839 bits per heavy atom. The SMILES string of the molecule is COc1cc2nccc(Oc3ccc(Nc4ccc(C(C)(C)C)cc4)cc3)c2cc1O. The molecular weight excluding hydrogens is 388 g/mol. The summed E-state index contributed by atoms with van der Waals surface area (Å²) in [5.41, 5.74) is 4.12. The van der Waals surface area contributed by atoms with Crippen LogP contribution in [0.5, 0.6) is 23.0 Å². The lowest BCUT2D eigenvalue weighted by atomic mass is 9.87. The largest absolute Gasteiger partial charge is 0.504 e. The van der Waals surface area contributed by atoms with Gasteiger partial charge in [-0.1, -0.05) is 32.9 Å². The predicted octanol–water partition coefficient (Wildman–Crippen LogP) is 6.78. The van der Waals surface area contributed by atoms with Gasteiger partial charge in [-0.3, -0.25) is 4.98 Å². The Kier molecular flexibility index (Phi) is 5.42. The fourth-order valence-electron chi connectivity index (χ4n) is 3.34. The van der Waals surface area contributed by atoms with Crippen molar-refractivity contribution in [2.75, 3.05) is 12.4 Å². The summed E-state index contributed by atoms with van der Waals surface area (Å²) in [4.78, 5) is 4.33. The maximum Gasteiger partial charge on any atom is 0.162 e. The third kappa shape index (κ3) is 4.56. The van der Waals surface area contributed by atoms with E-state index in [0.717, 1.165) is 11.4 Å². The average Bonchev–Trinajstić information content (AvgIpc) is 2.75. The number of nitrogens with one attached hydrogen (secondary N) is 1. The van der Waals surface area contributed by atoms with Gasteiger partial charge >= 0.3 is 0 Å². The molecule has 0 spiro atoms. The van der Waals surface area contributed by atoms with Gasteiger partial charge in [-0.05, 0) is 59.5 Å². The van der Waals surface area contributed by atoms with Crippen LogP contribution in [0, 0.1) is 0 Å². The van der Waals surface area contributed by atoms with Crippen molar-refractivity contribution in [2.24, 2.45) is 0 Å². The second-order valence-electron chi connectivity index (χ2n) is 8.43. The molecule has 158 valence electrons. The third-order valence-electron chi connectivity index (χ3n) is 5.12. The maximum atomic E-state index is 10.1. The Bertz CT molecular complexity index is 1190. The Balaban J connectivity index is 1.51. The summed E-state index contributed by atoms with van der Waals surface area (Å²) in [6.45, 7) is 6.62. The number of phenolic OH excluding ortho intramolecular Hbond substituents is 1. The molecule has 0 aliphatic heterocycles. The molecule has 2 N–H and O–H groups in total. The van der Waals surface area contributed by atoms with E-state index < -0.39 is 0 Å². The molecule has 4 rings (SSSR count). The number of hydrogen-bond donors (Lipinski definition) is 2. The van der Waals surface area contributed by atoms with Gasteiger partial charge in [0, 0.05) is 29.0 Å². The molecule has 0 unspecified atom stereocenters. The fraction of sp³-hybridized carbons (Fsp3) is 0.192.